The average molecular weight is 175 g/mol. The maximum atomic E-state index is 3.17. The monoisotopic (exact) mass is 175 g/mol. The lowest BCUT2D eigenvalue weighted by Crippen LogP contribution is -1.76. The number of hydrogen-bond donors (Lipinski definition) is 0. The highest BCUT2D eigenvalue weighted by molar-refractivity contribution is 4.98. The summed E-state index contributed by atoms with van der Waals surface area (Å²) in [4.78, 5) is 0. The summed E-state index contributed by atoms with van der Waals surface area (Å²) in [5.74, 6) is 0. The zero-order valence-electron chi connectivity index (χ0n) is 8.34. The molecule has 0 aromatic heterocycles. The van der Waals surface area contributed by atoms with E-state index in [1.54, 1.807) is 0 Å². The van der Waals surface area contributed by atoms with Crippen LogP contribution in [0.25, 0.3) is 0 Å². The maximum Gasteiger partial charge on any atom is -0.0160 e. The molecule has 0 aliphatic heterocycles. The molecule has 0 saturated heterocycles. The lowest BCUT2D eigenvalue weighted by molar-refractivity contribution is 0.652. The van der Waals surface area contributed by atoms with E-state index in [9.17, 15) is 0 Å². The summed E-state index contributed by atoms with van der Waals surface area (Å²) < 4.78 is 0. The van der Waals surface area contributed by atoms with Gasteiger partial charge in [0.2, 0.25) is 0 Å². The van der Waals surface area contributed by atoms with Crippen LogP contribution in [0.5, 0.6) is 0 Å². The Labute approximate surface area is 82.0 Å². The number of hydrogen-bond acceptors (Lipinski definition) is 0. The van der Waals surface area contributed by atoms with Gasteiger partial charge in [-0.25, -0.2) is 0 Å². The minimum atomic E-state index is 1.03. The van der Waals surface area contributed by atoms with E-state index in [2.05, 4.69) is 30.4 Å². The second-order valence-electron chi connectivity index (χ2n) is 3.47. The normalized spacial score (nSPS) is 27.7. The van der Waals surface area contributed by atoms with Crippen LogP contribution in [-0.2, 0) is 0 Å². The van der Waals surface area contributed by atoms with Crippen LogP contribution in [0, 0.1) is 6.08 Å². The zero-order chi connectivity index (χ0) is 9.19. The van der Waals surface area contributed by atoms with Gasteiger partial charge in [0.15, 0.2) is 0 Å². The fourth-order valence-corrected chi connectivity index (χ4v) is 1.45. The predicted octanol–water partition coefficient (Wildman–Crippen LogP) is 4.20. The molecule has 1 rings (SSSR count). The highest BCUT2D eigenvalue weighted by Crippen LogP contribution is 2.07. The van der Waals surface area contributed by atoms with Gasteiger partial charge in [-0.1, -0.05) is 43.2 Å². The molecule has 0 amide bonds. The molecule has 0 aromatic carbocycles. The molecule has 1 aliphatic carbocycles. The first kappa shape index (κ1) is 10.3. The van der Waals surface area contributed by atoms with E-state index in [0.29, 0.717) is 0 Å². The minimum absolute atomic E-state index is 1.03. The van der Waals surface area contributed by atoms with Crippen LogP contribution >= 0.6 is 0 Å². The highest BCUT2D eigenvalue weighted by Gasteiger charge is 1.87. The molecule has 1 radical (unpaired) electrons. The van der Waals surface area contributed by atoms with E-state index in [0.717, 1.165) is 6.42 Å². The molecule has 0 unspecified atom stereocenters. The van der Waals surface area contributed by atoms with E-state index < -0.39 is 0 Å². The van der Waals surface area contributed by atoms with Gasteiger partial charge in [-0.15, -0.1) is 0 Å². The Morgan fingerprint density at radius 3 is 2.38 bits per heavy atom. The second-order valence-corrected chi connectivity index (χ2v) is 3.47. The van der Waals surface area contributed by atoms with Gasteiger partial charge in [-0.05, 0) is 38.2 Å². The quantitative estimate of drug-likeness (QED) is 0.484. The van der Waals surface area contributed by atoms with Gasteiger partial charge in [0.1, 0.15) is 0 Å². The molecule has 13 heavy (non-hydrogen) atoms. The molecule has 0 nitrogen and oxygen atoms in total. The van der Waals surface area contributed by atoms with Crippen molar-refractivity contribution in [3.63, 3.8) is 0 Å². The van der Waals surface area contributed by atoms with Gasteiger partial charge in [0.05, 0.1) is 0 Å². The predicted molar refractivity (Wildman–Crippen MR) is 58.4 cm³/mol. The second kappa shape index (κ2) is 7.85. The first-order chi connectivity index (χ1) is 6.50. The molecule has 0 bridgehead atoms. The molecule has 71 valence electrons. The van der Waals surface area contributed by atoms with Crippen LogP contribution in [0.15, 0.2) is 30.4 Å². The third-order valence-corrected chi connectivity index (χ3v) is 2.24. The largest absolute Gasteiger partial charge is 0.0882 e. The van der Waals surface area contributed by atoms with Crippen molar-refractivity contribution in [1.29, 1.82) is 0 Å². The SMILES string of the molecule is [C]1=C/C/C=C/CCCCCC/C=C/1. The molecular formula is C13H19. The van der Waals surface area contributed by atoms with Crippen LogP contribution in [0.3, 0.4) is 0 Å². The molecule has 0 spiro atoms. The molecule has 0 fully saturated rings. The van der Waals surface area contributed by atoms with E-state index in [1.807, 2.05) is 6.08 Å². The first-order valence-corrected chi connectivity index (χ1v) is 5.38. The summed E-state index contributed by atoms with van der Waals surface area (Å²) in [5.41, 5.74) is 0. The van der Waals surface area contributed by atoms with Gasteiger partial charge in [0, 0.05) is 0 Å². The topological polar surface area (TPSA) is 0 Å². The molecule has 1 aliphatic rings. The van der Waals surface area contributed by atoms with Gasteiger partial charge in [-0.2, -0.15) is 0 Å². The van der Waals surface area contributed by atoms with Gasteiger partial charge >= 0.3 is 0 Å². The van der Waals surface area contributed by atoms with Crippen LogP contribution in [-0.4, -0.2) is 0 Å². The lowest BCUT2D eigenvalue weighted by Gasteiger charge is -1.95. The van der Waals surface area contributed by atoms with Gasteiger partial charge in [-0.3, -0.25) is 0 Å². The number of rotatable bonds is 0. The third-order valence-electron chi connectivity index (χ3n) is 2.24. The van der Waals surface area contributed by atoms with Crippen molar-refractivity contribution < 1.29 is 0 Å². The fraction of sp³-hybridized carbons (Fsp3) is 0.538. The lowest BCUT2D eigenvalue weighted by atomic mass is 10.1. The van der Waals surface area contributed by atoms with Crippen molar-refractivity contribution >= 4 is 0 Å². The Kier molecular flexibility index (Phi) is 6.22. The Morgan fingerprint density at radius 2 is 1.54 bits per heavy atom. The number of allylic oxidation sites excluding steroid dienone is 6. The summed E-state index contributed by atoms with van der Waals surface area (Å²) in [5, 5.41) is 0. The average Bonchev–Trinajstić information content (AvgIpc) is 2.18. The van der Waals surface area contributed by atoms with Crippen molar-refractivity contribution in [1.82, 2.24) is 0 Å². The van der Waals surface area contributed by atoms with Crippen molar-refractivity contribution in [2.24, 2.45) is 0 Å². The standard InChI is InChI=1S/C13H19/c1-2-4-6-8-10-12-13-11-9-7-5-3-1/h1-2,5,9,11H,3-4,6,8,10,12-13H2/b2-1+,7-5?,11-9+. The fourth-order valence-electron chi connectivity index (χ4n) is 1.45. The smallest absolute Gasteiger partial charge is 0.0160 e. The van der Waals surface area contributed by atoms with E-state index in [4.69, 9.17) is 0 Å². The van der Waals surface area contributed by atoms with Gasteiger partial charge < -0.3 is 0 Å². The molecule has 0 heteroatoms. The van der Waals surface area contributed by atoms with Crippen LogP contribution in [0.2, 0.25) is 0 Å². The van der Waals surface area contributed by atoms with Gasteiger partial charge in [0.25, 0.3) is 0 Å². The van der Waals surface area contributed by atoms with Crippen LogP contribution in [0.1, 0.15) is 44.9 Å². The minimum Gasteiger partial charge on any atom is -0.0882 e. The Balaban J connectivity index is 2.29. The van der Waals surface area contributed by atoms with Crippen LogP contribution < -0.4 is 0 Å². The summed E-state index contributed by atoms with van der Waals surface area (Å²) in [6, 6.07) is 0. The molecule has 0 N–H and O–H groups in total. The summed E-state index contributed by atoms with van der Waals surface area (Å²) in [6.07, 6.45) is 23.0. The van der Waals surface area contributed by atoms with Crippen molar-refractivity contribution in [3.8, 4) is 0 Å². The summed E-state index contributed by atoms with van der Waals surface area (Å²) >= 11 is 0. The van der Waals surface area contributed by atoms with Crippen molar-refractivity contribution in [3.05, 3.63) is 36.5 Å². The summed E-state index contributed by atoms with van der Waals surface area (Å²) in [7, 11) is 0. The summed E-state index contributed by atoms with van der Waals surface area (Å²) in [6.45, 7) is 0. The van der Waals surface area contributed by atoms with Crippen LogP contribution in [0.4, 0.5) is 0 Å². The molecule has 0 atom stereocenters. The molecule has 0 heterocycles. The van der Waals surface area contributed by atoms with Crippen molar-refractivity contribution in [2.45, 2.75) is 44.9 Å². The maximum absolute atomic E-state index is 3.17. The Morgan fingerprint density at radius 1 is 0.769 bits per heavy atom. The molecule has 0 saturated carbocycles. The Bertz CT molecular complexity index is 184. The highest BCUT2D eigenvalue weighted by atomic mass is 13.9. The first-order valence-electron chi connectivity index (χ1n) is 5.38. The Hall–Kier alpha value is -0.780. The van der Waals surface area contributed by atoms with Crippen molar-refractivity contribution in [2.75, 3.05) is 0 Å². The van der Waals surface area contributed by atoms with E-state index in [-0.39, 0.29) is 0 Å². The third kappa shape index (κ3) is 6.39. The molecular weight excluding hydrogens is 156 g/mol. The van der Waals surface area contributed by atoms with E-state index >= 15 is 0 Å². The zero-order valence-corrected chi connectivity index (χ0v) is 8.34. The van der Waals surface area contributed by atoms with E-state index in [1.165, 1.54) is 38.5 Å². The molecule has 0 aromatic rings.